The van der Waals surface area contributed by atoms with Gasteiger partial charge in [-0.15, -0.1) is 10.2 Å². The van der Waals surface area contributed by atoms with Crippen molar-refractivity contribution < 1.29 is 22.0 Å². The number of nitrogens with zero attached hydrogens (tertiary/aromatic N) is 3. The van der Waals surface area contributed by atoms with Crippen molar-refractivity contribution in [1.29, 1.82) is 0 Å². The van der Waals surface area contributed by atoms with Crippen LogP contribution in [0.25, 0.3) is 0 Å². The van der Waals surface area contributed by atoms with E-state index in [0.717, 1.165) is 17.0 Å². The second-order valence-corrected chi connectivity index (χ2v) is 4.09. The third kappa shape index (κ3) is 4.35. The Morgan fingerprint density at radius 1 is 1.22 bits per heavy atom. The van der Waals surface area contributed by atoms with E-state index in [1.54, 1.807) is 0 Å². The maximum Gasteiger partial charge on any atom is 0.435 e. The molecule has 0 spiro atoms. The number of anilines is 1. The summed E-state index contributed by atoms with van der Waals surface area (Å²) in [5, 5.41) is 6.69. The molecule has 0 atom stereocenters. The molecule has 0 saturated heterocycles. The Morgan fingerprint density at radius 3 is 2.28 bits per heavy atom. The molecule has 0 amide bonds. The van der Waals surface area contributed by atoms with Crippen LogP contribution < -0.4 is 4.90 Å². The number of aromatic nitrogens is 2. The van der Waals surface area contributed by atoms with Crippen LogP contribution in [-0.2, 0) is 6.18 Å². The highest BCUT2D eigenvalue weighted by molar-refractivity contribution is 9.09. The maximum atomic E-state index is 12.3. The molecule has 0 unspecified atom stereocenters. The van der Waals surface area contributed by atoms with Gasteiger partial charge < -0.3 is 4.90 Å². The fourth-order valence-corrected chi connectivity index (χ4v) is 1.64. The van der Waals surface area contributed by atoms with E-state index in [9.17, 15) is 22.0 Å². The topological polar surface area (TPSA) is 29.0 Å². The number of hydrogen-bond acceptors (Lipinski definition) is 3. The summed E-state index contributed by atoms with van der Waals surface area (Å²) in [4.78, 5) is 1.16. The lowest BCUT2D eigenvalue weighted by atomic mass is 10.3. The summed E-state index contributed by atoms with van der Waals surface area (Å²) in [5.41, 5.74) is -1.15. The Bertz CT molecular complexity index is 367. The van der Waals surface area contributed by atoms with Gasteiger partial charge in [-0.05, 0) is 12.1 Å². The summed E-state index contributed by atoms with van der Waals surface area (Å²) in [5.74, 6) is -0.0113. The van der Waals surface area contributed by atoms with Gasteiger partial charge in [0.1, 0.15) is 0 Å². The van der Waals surface area contributed by atoms with E-state index in [2.05, 4.69) is 26.1 Å². The van der Waals surface area contributed by atoms with Gasteiger partial charge in [0.25, 0.3) is 6.43 Å². The van der Waals surface area contributed by atoms with E-state index in [1.807, 2.05) is 0 Å². The first kappa shape index (κ1) is 15.1. The molecular formula is C9H9BrF5N3. The van der Waals surface area contributed by atoms with E-state index in [-0.39, 0.29) is 12.4 Å². The molecule has 1 rings (SSSR count). The molecule has 102 valence electrons. The van der Waals surface area contributed by atoms with Gasteiger partial charge >= 0.3 is 6.18 Å². The van der Waals surface area contributed by atoms with E-state index in [0.29, 0.717) is 5.33 Å². The zero-order valence-electron chi connectivity index (χ0n) is 8.96. The molecule has 0 N–H and O–H groups in total. The molecule has 0 aromatic carbocycles. The summed E-state index contributed by atoms with van der Waals surface area (Å²) in [7, 11) is 0. The predicted molar refractivity (Wildman–Crippen MR) is 59.0 cm³/mol. The molecule has 0 fully saturated rings. The average molecular weight is 334 g/mol. The first-order valence-electron chi connectivity index (χ1n) is 4.84. The monoisotopic (exact) mass is 333 g/mol. The highest BCUT2D eigenvalue weighted by Crippen LogP contribution is 2.27. The van der Waals surface area contributed by atoms with Crippen LogP contribution in [0.2, 0.25) is 0 Å². The predicted octanol–water partition coefficient (Wildman–Crippen LogP) is 2.96. The van der Waals surface area contributed by atoms with Crippen molar-refractivity contribution in [3.63, 3.8) is 0 Å². The summed E-state index contributed by atoms with van der Waals surface area (Å²) in [6.07, 6.45) is -7.19. The molecule has 0 saturated carbocycles. The van der Waals surface area contributed by atoms with Crippen LogP contribution in [-0.4, -0.2) is 35.0 Å². The third-order valence-corrected chi connectivity index (χ3v) is 2.33. The molecule has 1 heterocycles. The van der Waals surface area contributed by atoms with Gasteiger partial charge in [0.05, 0.1) is 6.54 Å². The first-order valence-corrected chi connectivity index (χ1v) is 5.96. The molecule has 0 bridgehead atoms. The fraction of sp³-hybridized carbons (Fsp3) is 0.556. The van der Waals surface area contributed by atoms with Crippen molar-refractivity contribution >= 4 is 21.7 Å². The molecule has 1 aromatic rings. The van der Waals surface area contributed by atoms with Crippen LogP contribution in [0.1, 0.15) is 5.69 Å². The maximum absolute atomic E-state index is 12.3. The SMILES string of the molecule is FC(F)CN(CCBr)c1ccc(C(F)(F)F)nn1. The van der Waals surface area contributed by atoms with Crippen LogP contribution in [0.5, 0.6) is 0 Å². The Balaban J connectivity index is 2.86. The summed E-state index contributed by atoms with van der Waals surface area (Å²) < 4.78 is 61.3. The standard InChI is InChI=1S/C9H9BrF5N3/c10-3-4-18(5-7(11)12)8-2-1-6(16-17-8)9(13,14)15/h1-2,7H,3-5H2. The minimum Gasteiger partial charge on any atom is -0.349 e. The summed E-state index contributed by atoms with van der Waals surface area (Å²) in [6, 6.07) is 1.75. The van der Waals surface area contributed by atoms with Crippen LogP contribution in [0.4, 0.5) is 27.8 Å². The number of halogens is 6. The van der Waals surface area contributed by atoms with Gasteiger partial charge in [-0.1, -0.05) is 15.9 Å². The summed E-state index contributed by atoms with van der Waals surface area (Å²) in [6.45, 7) is -0.407. The second-order valence-electron chi connectivity index (χ2n) is 3.30. The van der Waals surface area contributed by atoms with Crippen molar-refractivity contribution in [2.75, 3.05) is 23.3 Å². The first-order chi connectivity index (χ1) is 8.34. The third-order valence-electron chi connectivity index (χ3n) is 1.98. The minimum absolute atomic E-state index is 0.0113. The Labute approximate surface area is 108 Å². The van der Waals surface area contributed by atoms with E-state index < -0.39 is 24.8 Å². The van der Waals surface area contributed by atoms with Crippen molar-refractivity contribution in [3.05, 3.63) is 17.8 Å². The van der Waals surface area contributed by atoms with E-state index >= 15 is 0 Å². The van der Waals surface area contributed by atoms with Crippen LogP contribution >= 0.6 is 15.9 Å². The number of hydrogen-bond donors (Lipinski definition) is 0. The smallest absolute Gasteiger partial charge is 0.349 e. The molecule has 0 aliphatic carbocycles. The minimum atomic E-state index is -4.59. The van der Waals surface area contributed by atoms with E-state index in [4.69, 9.17) is 0 Å². The molecule has 1 aromatic heterocycles. The molecule has 3 nitrogen and oxygen atoms in total. The second kappa shape index (κ2) is 6.26. The Morgan fingerprint density at radius 2 is 1.89 bits per heavy atom. The van der Waals surface area contributed by atoms with Crippen LogP contribution in [0, 0.1) is 0 Å². The van der Waals surface area contributed by atoms with Gasteiger partial charge in [0.2, 0.25) is 0 Å². The molecule has 0 radical (unpaired) electrons. The lowest BCUT2D eigenvalue weighted by Crippen LogP contribution is -2.31. The lowest BCUT2D eigenvalue weighted by molar-refractivity contribution is -0.141. The van der Waals surface area contributed by atoms with Crippen LogP contribution in [0.3, 0.4) is 0 Å². The zero-order chi connectivity index (χ0) is 13.8. The molecule has 0 aliphatic heterocycles. The molecule has 9 heteroatoms. The fourth-order valence-electron chi connectivity index (χ4n) is 1.21. The molecule has 18 heavy (non-hydrogen) atoms. The number of rotatable bonds is 5. The van der Waals surface area contributed by atoms with E-state index in [1.165, 1.54) is 0 Å². The van der Waals surface area contributed by atoms with Gasteiger partial charge in [-0.3, -0.25) is 0 Å². The van der Waals surface area contributed by atoms with Crippen molar-refractivity contribution in [3.8, 4) is 0 Å². The van der Waals surface area contributed by atoms with Crippen molar-refractivity contribution in [1.82, 2.24) is 10.2 Å². The lowest BCUT2D eigenvalue weighted by Gasteiger charge is -2.21. The van der Waals surface area contributed by atoms with Gasteiger partial charge in [-0.25, -0.2) is 8.78 Å². The average Bonchev–Trinajstić information content (AvgIpc) is 2.27. The van der Waals surface area contributed by atoms with Crippen molar-refractivity contribution in [2.24, 2.45) is 0 Å². The zero-order valence-corrected chi connectivity index (χ0v) is 10.5. The molecular weight excluding hydrogens is 325 g/mol. The Hall–Kier alpha value is -0.990. The highest BCUT2D eigenvalue weighted by Gasteiger charge is 2.33. The number of alkyl halides is 6. The molecule has 0 aliphatic rings. The van der Waals surface area contributed by atoms with Crippen molar-refractivity contribution in [2.45, 2.75) is 12.6 Å². The summed E-state index contributed by atoms with van der Waals surface area (Å²) >= 11 is 3.07. The van der Waals surface area contributed by atoms with Gasteiger partial charge in [0.15, 0.2) is 11.5 Å². The Kier molecular flexibility index (Phi) is 5.24. The largest absolute Gasteiger partial charge is 0.435 e. The highest BCUT2D eigenvalue weighted by atomic mass is 79.9. The normalized spacial score (nSPS) is 11.9. The van der Waals surface area contributed by atoms with Gasteiger partial charge in [-0.2, -0.15) is 13.2 Å². The van der Waals surface area contributed by atoms with Crippen LogP contribution in [0.15, 0.2) is 12.1 Å². The quantitative estimate of drug-likeness (QED) is 0.612. The van der Waals surface area contributed by atoms with Gasteiger partial charge in [0, 0.05) is 11.9 Å².